The summed E-state index contributed by atoms with van der Waals surface area (Å²) in [5.74, 6) is 0. The van der Waals surface area contributed by atoms with E-state index in [9.17, 15) is 10.2 Å². The fourth-order valence-corrected chi connectivity index (χ4v) is 2.70. The maximum absolute atomic E-state index is 10.1. The molecule has 0 radical (unpaired) electrons. The second-order valence-electron chi connectivity index (χ2n) is 5.35. The molecular weight excluding hydrogens is 250 g/mol. The zero-order chi connectivity index (χ0) is 13.2. The summed E-state index contributed by atoms with van der Waals surface area (Å²) >= 11 is 6.05. The van der Waals surface area contributed by atoms with Crippen LogP contribution < -0.4 is 0 Å². The largest absolute Gasteiger partial charge is 0.389 e. The zero-order valence-corrected chi connectivity index (χ0v) is 11.4. The smallest absolute Gasteiger partial charge is 0.0816 e. The van der Waals surface area contributed by atoms with Crippen molar-refractivity contribution in [1.82, 2.24) is 4.90 Å². The molecule has 2 unspecified atom stereocenters. The zero-order valence-electron chi connectivity index (χ0n) is 10.6. The van der Waals surface area contributed by atoms with Crippen molar-refractivity contribution in [1.29, 1.82) is 0 Å². The third kappa shape index (κ3) is 3.45. The van der Waals surface area contributed by atoms with Gasteiger partial charge in [0, 0.05) is 24.7 Å². The van der Waals surface area contributed by atoms with Gasteiger partial charge in [-0.1, -0.05) is 29.8 Å². The Bertz CT molecular complexity index is 409. The van der Waals surface area contributed by atoms with Crippen molar-refractivity contribution in [3.05, 3.63) is 34.9 Å². The van der Waals surface area contributed by atoms with E-state index in [1.807, 2.05) is 25.1 Å². The van der Waals surface area contributed by atoms with Crippen LogP contribution in [0.2, 0.25) is 5.02 Å². The fourth-order valence-electron chi connectivity index (χ4n) is 2.44. The average Bonchev–Trinajstić information content (AvgIpc) is 2.66. The first-order chi connectivity index (χ1) is 8.48. The number of aliphatic hydroxyl groups excluding tert-OH is 1. The highest BCUT2D eigenvalue weighted by atomic mass is 35.5. The van der Waals surface area contributed by atoms with Gasteiger partial charge in [0.05, 0.1) is 11.7 Å². The van der Waals surface area contributed by atoms with Crippen molar-refractivity contribution in [2.24, 2.45) is 0 Å². The monoisotopic (exact) mass is 269 g/mol. The molecule has 100 valence electrons. The molecule has 1 aliphatic rings. The van der Waals surface area contributed by atoms with Crippen LogP contribution in [0.4, 0.5) is 0 Å². The molecule has 0 aliphatic carbocycles. The van der Waals surface area contributed by atoms with E-state index in [2.05, 4.69) is 4.90 Å². The van der Waals surface area contributed by atoms with Crippen LogP contribution in [0.5, 0.6) is 0 Å². The molecule has 18 heavy (non-hydrogen) atoms. The van der Waals surface area contributed by atoms with Gasteiger partial charge in [0.15, 0.2) is 0 Å². The number of hydrogen-bond donors (Lipinski definition) is 2. The predicted molar refractivity (Wildman–Crippen MR) is 72.7 cm³/mol. The van der Waals surface area contributed by atoms with Crippen molar-refractivity contribution in [3.8, 4) is 0 Å². The Morgan fingerprint density at radius 2 is 2.17 bits per heavy atom. The molecule has 0 aromatic heterocycles. The topological polar surface area (TPSA) is 43.7 Å². The summed E-state index contributed by atoms with van der Waals surface area (Å²) in [5, 5.41) is 20.6. The summed E-state index contributed by atoms with van der Waals surface area (Å²) in [6, 6.07) is 7.38. The number of nitrogens with zero attached hydrogens (tertiary/aromatic N) is 1. The number of halogens is 1. The molecule has 1 aromatic rings. The van der Waals surface area contributed by atoms with Crippen LogP contribution in [0.15, 0.2) is 24.3 Å². The van der Waals surface area contributed by atoms with Gasteiger partial charge in [-0.2, -0.15) is 0 Å². The highest BCUT2D eigenvalue weighted by molar-refractivity contribution is 6.31. The number of β-amino-alcohol motifs (C(OH)–C–C–N with tert-alkyl or cyclic N) is 1. The van der Waals surface area contributed by atoms with Gasteiger partial charge in [-0.3, -0.25) is 0 Å². The van der Waals surface area contributed by atoms with Gasteiger partial charge in [0.2, 0.25) is 0 Å². The molecule has 2 rings (SSSR count). The van der Waals surface area contributed by atoms with Crippen LogP contribution in [0.25, 0.3) is 0 Å². The summed E-state index contributed by atoms with van der Waals surface area (Å²) in [6.07, 6.45) is 0.902. The molecule has 3 nitrogen and oxygen atoms in total. The van der Waals surface area contributed by atoms with Crippen LogP contribution >= 0.6 is 11.6 Å². The Balaban J connectivity index is 1.86. The lowest BCUT2D eigenvalue weighted by Crippen LogP contribution is -2.30. The highest BCUT2D eigenvalue weighted by Crippen LogP contribution is 2.26. The van der Waals surface area contributed by atoms with Gasteiger partial charge in [-0.15, -0.1) is 0 Å². The second-order valence-corrected chi connectivity index (χ2v) is 5.76. The van der Waals surface area contributed by atoms with Gasteiger partial charge in [-0.25, -0.2) is 0 Å². The normalized spacial score (nSPS) is 26.4. The van der Waals surface area contributed by atoms with Crippen molar-refractivity contribution < 1.29 is 10.2 Å². The van der Waals surface area contributed by atoms with E-state index in [0.29, 0.717) is 18.0 Å². The lowest BCUT2D eigenvalue weighted by atomic mass is 10.1. The SMILES string of the molecule is CC1(O)CCN(CCC(O)c2ccccc2Cl)C1. The molecule has 4 heteroatoms. The standard InChI is InChI=1S/C14H20ClNO2/c1-14(18)7-9-16(10-14)8-6-13(17)11-4-2-3-5-12(11)15/h2-5,13,17-18H,6-10H2,1H3. The fraction of sp³-hybridized carbons (Fsp3) is 0.571. The second kappa shape index (κ2) is 5.57. The maximum Gasteiger partial charge on any atom is 0.0816 e. The molecule has 2 N–H and O–H groups in total. The minimum atomic E-state index is -0.574. The highest BCUT2D eigenvalue weighted by Gasteiger charge is 2.31. The first-order valence-electron chi connectivity index (χ1n) is 6.35. The third-order valence-corrected chi connectivity index (χ3v) is 3.86. The predicted octanol–water partition coefficient (Wildman–Crippen LogP) is 2.22. The number of benzene rings is 1. The van der Waals surface area contributed by atoms with Crippen molar-refractivity contribution in [3.63, 3.8) is 0 Å². The summed E-state index contributed by atoms with van der Waals surface area (Å²) < 4.78 is 0. The minimum Gasteiger partial charge on any atom is -0.389 e. The number of aliphatic hydroxyl groups is 2. The molecule has 1 aliphatic heterocycles. The Morgan fingerprint density at radius 1 is 1.44 bits per heavy atom. The molecule has 0 spiro atoms. The Hall–Kier alpha value is -0.610. The molecule has 0 amide bonds. The van der Waals surface area contributed by atoms with Gasteiger partial charge in [-0.05, 0) is 31.4 Å². The summed E-state index contributed by atoms with van der Waals surface area (Å²) in [6.45, 7) is 4.21. The maximum atomic E-state index is 10.1. The van der Waals surface area contributed by atoms with Crippen molar-refractivity contribution in [2.45, 2.75) is 31.5 Å². The van der Waals surface area contributed by atoms with E-state index in [1.54, 1.807) is 6.07 Å². The molecule has 0 bridgehead atoms. The number of rotatable bonds is 4. The summed E-state index contributed by atoms with van der Waals surface area (Å²) in [4.78, 5) is 2.18. The van der Waals surface area contributed by atoms with Crippen LogP contribution in [0.3, 0.4) is 0 Å². The van der Waals surface area contributed by atoms with E-state index >= 15 is 0 Å². The van der Waals surface area contributed by atoms with E-state index in [1.165, 1.54) is 0 Å². The molecule has 1 fully saturated rings. The molecular formula is C14H20ClNO2. The number of likely N-dealkylation sites (tertiary alicyclic amines) is 1. The summed E-state index contributed by atoms with van der Waals surface area (Å²) in [7, 11) is 0. The van der Waals surface area contributed by atoms with Gasteiger partial charge in [0.25, 0.3) is 0 Å². The molecule has 1 heterocycles. The van der Waals surface area contributed by atoms with Gasteiger partial charge >= 0.3 is 0 Å². The first kappa shape index (κ1) is 13.8. The molecule has 2 atom stereocenters. The Labute approximate surface area is 113 Å². The first-order valence-corrected chi connectivity index (χ1v) is 6.73. The average molecular weight is 270 g/mol. The van der Waals surface area contributed by atoms with Gasteiger partial charge in [0.1, 0.15) is 0 Å². The lowest BCUT2D eigenvalue weighted by Gasteiger charge is -2.20. The van der Waals surface area contributed by atoms with E-state index < -0.39 is 11.7 Å². The van der Waals surface area contributed by atoms with Crippen molar-refractivity contribution in [2.75, 3.05) is 19.6 Å². The number of hydrogen-bond acceptors (Lipinski definition) is 3. The molecule has 1 aromatic carbocycles. The lowest BCUT2D eigenvalue weighted by molar-refractivity contribution is 0.0655. The van der Waals surface area contributed by atoms with E-state index in [0.717, 1.165) is 25.1 Å². The Morgan fingerprint density at radius 3 is 2.78 bits per heavy atom. The van der Waals surface area contributed by atoms with Crippen LogP contribution in [0, 0.1) is 0 Å². The summed E-state index contributed by atoms with van der Waals surface area (Å²) in [5.41, 5.74) is 0.208. The third-order valence-electron chi connectivity index (χ3n) is 3.51. The Kier molecular flexibility index (Phi) is 4.28. The molecule has 1 saturated heterocycles. The molecule has 0 saturated carbocycles. The van der Waals surface area contributed by atoms with Crippen LogP contribution in [-0.2, 0) is 0 Å². The quantitative estimate of drug-likeness (QED) is 0.881. The van der Waals surface area contributed by atoms with Gasteiger partial charge < -0.3 is 15.1 Å². The van der Waals surface area contributed by atoms with Crippen LogP contribution in [-0.4, -0.2) is 40.3 Å². The van der Waals surface area contributed by atoms with Crippen LogP contribution in [0.1, 0.15) is 31.4 Å². The van der Waals surface area contributed by atoms with Crippen molar-refractivity contribution >= 4 is 11.6 Å². The van der Waals surface area contributed by atoms with E-state index in [4.69, 9.17) is 11.6 Å². The van der Waals surface area contributed by atoms with E-state index in [-0.39, 0.29) is 0 Å². The minimum absolute atomic E-state index is 0.538.